The van der Waals surface area contributed by atoms with Gasteiger partial charge >= 0.3 is 0 Å². The van der Waals surface area contributed by atoms with Crippen molar-refractivity contribution in [2.45, 2.75) is 81.2 Å². The van der Waals surface area contributed by atoms with Gasteiger partial charge < -0.3 is 5.32 Å². The summed E-state index contributed by atoms with van der Waals surface area (Å²) in [5, 5.41) is 2.94. The van der Waals surface area contributed by atoms with Gasteiger partial charge in [-0.1, -0.05) is 79.7 Å². The fourth-order valence-corrected chi connectivity index (χ4v) is 1.76. The molecule has 0 bridgehead atoms. The van der Waals surface area contributed by atoms with Gasteiger partial charge in [0, 0.05) is 23.9 Å². The van der Waals surface area contributed by atoms with E-state index in [9.17, 15) is 9.59 Å². The first-order valence-corrected chi connectivity index (χ1v) is 9.31. The van der Waals surface area contributed by atoms with Crippen molar-refractivity contribution in [1.29, 1.82) is 0 Å². The highest BCUT2D eigenvalue weighted by atomic mass is 16.2. The van der Waals surface area contributed by atoms with Crippen molar-refractivity contribution in [3.8, 4) is 0 Å². The van der Waals surface area contributed by atoms with Gasteiger partial charge in [-0.25, -0.2) is 0 Å². The summed E-state index contributed by atoms with van der Waals surface area (Å²) in [6.07, 6.45) is 2.26. The lowest BCUT2D eigenvalue weighted by atomic mass is 9.89. The standard InChI is InChI=1S/C17H25NO2.2C2H6/c1-5-7-15(19)14-10-8-13(9-11-14)12-18-16(20)17(3,4)6-2;2*1-2/h8-11H,5-7,12H2,1-4H3,(H,18,20);2*1-2H3. The van der Waals surface area contributed by atoms with Crippen LogP contribution in [0.2, 0.25) is 0 Å². The highest BCUT2D eigenvalue weighted by Crippen LogP contribution is 2.19. The molecular formula is C21H37NO2. The molecule has 138 valence electrons. The van der Waals surface area contributed by atoms with Crippen molar-refractivity contribution >= 4 is 11.7 Å². The summed E-state index contributed by atoms with van der Waals surface area (Å²) in [7, 11) is 0. The molecule has 1 aromatic rings. The quantitative estimate of drug-likeness (QED) is 0.642. The Bertz CT molecular complexity index is 461. The zero-order valence-electron chi connectivity index (χ0n) is 17.0. The molecule has 0 aliphatic carbocycles. The molecule has 0 saturated carbocycles. The zero-order chi connectivity index (χ0) is 19.2. The van der Waals surface area contributed by atoms with Crippen LogP contribution in [0.1, 0.15) is 90.6 Å². The molecule has 0 aliphatic rings. The summed E-state index contributed by atoms with van der Waals surface area (Å²) in [4.78, 5) is 23.7. The minimum Gasteiger partial charge on any atom is -0.352 e. The van der Waals surface area contributed by atoms with Gasteiger partial charge in [0.2, 0.25) is 5.91 Å². The van der Waals surface area contributed by atoms with Gasteiger partial charge in [-0.05, 0) is 18.4 Å². The second kappa shape index (κ2) is 13.8. The van der Waals surface area contributed by atoms with Crippen molar-refractivity contribution in [3.63, 3.8) is 0 Å². The average molecular weight is 336 g/mol. The lowest BCUT2D eigenvalue weighted by Gasteiger charge is -2.21. The number of carbonyl (C=O) groups is 2. The topological polar surface area (TPSA) is 46.2 Å². The number of rotatable bonds is 7. The Balaban J connectivity index is 0. The fraction of sp³-hybridized carbons (Fsp3) is 0.619. The number of ketones is 1. The third-order valence-electron chi connectivity index (χ3n) is 3.70. The minimum absolute atomic E-state index is 0.0612. The second-order valence-electron chi connectivity index (χ2n) is 5.79. The molecule has 0 atom stereocenters. The third-order valence-corrected chi connectivity index (χ3v) is 3.70. The molecule has 0 aromatic heterocycles. The van der Waals surface area contributed by atoms with E-state index in [1.807, 2.05) is 79.7 Å². The molecule has 1 rings (SSSR count). The Morgan fingerprint density at radius 3 is 1.88 bits per heavy atom. The number of hydrogen-bond acceptors (Lipinski definition) is 2. The SMILES string of the molecule is CC.CC.CCCC(=O)c1ccc(CNC(=O)C(C)(C)CC)cc1. The van der Waals surface area contributed by atoms with E-state index in [2.05, 4.69) is 5.32 Å². The van der Waals surface area contributed by atoms with Crippen LogP contribution in [0, 0.1) is 5.41 Å². The van der Waals surface area contributed by atoms with Crippen LogP contribution in [0.4, 0.5) is 0 Å². The molecule has 0 unspecified atom stereocenters. The number of hydrogen-bond donors (Lipinski definition) is 1. The largest absolute Gasteiger partial charge is 0.352 e. The van der Waals surface area contributed by atoms with Crippen molar-refractivity contribution in [2.24, 2.45) is 5.41 Å². The van der Waals surface area contributed by atoms with Crippen LogP contribution in [-0.2, 0) is 11.3 Å². The molecule has 1 amide bonds. The molecule has 0 radical (unpaired) electrons. The predicted molar refractivity (Wildman–Crippen MR) is 104 cm³/mol. The van der Waals surface area contributed by atoms with E-state index in [0.717, 1.165) is 24.0 Å². The second-order valence-corrected chi connectivity index (χ2v) is 5.79. The molecule has 0 spiro atoms. The minimum atomic E-state index is -0.336. The number of carbonyl (C=O) groups excluding carboxylic acids is 2. The van der Waals surface area contributed by atoms with Crippen molar-refractivity contribution < 1.29 is 9.59 Å². The van der Waals surface area contributed by atoms with Crippen LogP contribution in [-0.4, -0.2) is 11.7 Å². The summed E-state index contributed by atoms with van der Waals surface area (Å²) in [5.41, 5.74) is 1.42. The molecule has 0 aliphatic heterocycles. The van der Waals surface area contributed by atoms with Gasteiger partial charge in [0.15, 0.2) is 5.78 Å². The van der Waals surface area contributed by atoms with Crippen LogP contribution in [0.15, 0.2) is 24.3 Å². The maximum atomic E-state index is 12.0. The highest BCUT2D eigenvalue weighted by molar-refractivity contribution is 5.96. The lowest BCUT2D eigenvalue weighted by molar-refractivity contribution is -0.129. The Hall–Kier alpha value is -1.64. The first-order chi connectivity index (χ1) is 11.4. The zero-order valence-corrected chi connectivity index (χ0v) is 17.0. The summed E-state index contributed by atoms with van der Waals surface area (Å²) in [5.74, 6) is 0.237. The van der Waals surface area contributed by atoms with Gasteiger partial charge in [-0.15, -0.1) is 0 Å². The van der Waals surface area contributed by atoms with E-state index in [0.29, 0.717) is 13.0 Å². The average Bonchev–Trinajstić information content (AvgIpc) is 2.63. The summed E-state index contributed by atoms with van der Waals surface area (Å²) in [6, 6.07) is 7.49. The van der Waals surface area contributed by atoms with Gasteiger partial charge in [0.1, 0.15) is 0 Å². The van der Waals surface area contributed by atoms with E-state index in [1.54, 1.807) is 0 Å². The Labute approximate surface area is 149 Å². The van der Waals surface area contributed by atoms with E-state index in [-0.39, 0.29) is 17.1 Å². The molecule has 3 nitrogen and oxygen atoms in total. The van der Waals surface area contributed by atoms with Crippen LogP contribution in [0.5, 0.6) is 0 Å². The highest BCUT2D eigenvalue weighted by Gasteiger charge is 2.24. The van der Waals surface area contributed by atoms with Crippen LogP contribution >= 0.6 is 0 Å². The summed E-state index contributed by atoms with van der Waals surface area (Å²) >= 11 is 0. The van der Waals surface area contributed by atoms with Crippen molar-refractivity contribution in [1.82, 2.24) is 5.32 Å². The lowest BCUT2D eigenvalue weighted by Crippen LogP contribution is -2.35. The predicted octanol–water partition coefficient (Wildman–Crippen LogP) is 5.77. The molecule has 3 heteroatoms. The maximum absolute atomic E-state index is 12.0. The maximum Gasteiger partial charge on any atom is 0.225 e. The van der Waals surface area contributed by atoms with E-state index < -0.39 is 0 Å². The van der Waals surface area contributed by atoms with Crippen LogP contribution in [0.25, 0.3) is 0 Å². The van der Waals surface area contributed by atoms with E-state index in [4.69, 9.17) is 0 Å². The molecule has 0 saturated heterocycles. The molecule has 1 N–H and O–H groups in total. The summed E-state index contributed by atoms with van der Waals surface area (Å²) in [6.45, 7) is 16.4. The molecule has 24 heavy (non-hydrogen) atoms. The first kappa shape index (κ1) is 24.6. The smallest absolute Gasteiger partial charge is 0.225 e. The molecule has 0 fully saturated rings. The number of amides is 1. The van der Waals surface area contributed by atoms with Gasteiger partial charge in [0.05, 0.1) is 0 Å². The molecule has 0 heterocycles. The van der Waals surface area contributed by atoms with Gasteiger partial charge in [-0.2, -0.15) is 0 Å². The monoisotopic (exact) mass is 335 g/mol. The first-order valence-electron chi connectivity index (χ1n) is 9.31. The Kier molecular flexibility index (Phi) is 14.1. The summed E-state index contributed by atoms with van der Waals surface area (Å²) < 4.78 is 0. The normalized spacial score (nSPS) is 9.83. The molecule has 1 aromatic carbocycles. The number of benzene rings is 1. The Morgan fingerprint density at radius 2 is 1.46 bits per heavy atom. The van der Waals surface area contributed by atoms with Crippen LogP contribution < -0.4 is 5.32 Å². The Morgan fingerprint density at radius 1 is 0.958 bits per heavy atom. The van der Waals surface area contributed by atoms with E-state index >= 15 is 0 Å². The van der Waals surface area contributed by atoms with Crippen LogP contribution in [0.3, 0.4) is 0 Å². The number of Topliss-reactive ketones (excluding diaryl/α,β-unsaturated/α-hetero) is 1. The third kappa shape index (κ3) is 8.85. The van der Waals surface area contributed by atoms with E-state index in [1.165, 1.54) is 0 Å². The fourth-order valence-electron chi connectivity index (χ4n) is 1.76. The molecular weight excluding hydrogens is 298 g/mol. The van der Waals surface area contributed by atoms with Crippen molar-refractivity contribution in [2.75, 3.05) is 0 Å². The van der Waals surface area contributed by atoms with Gasteiger partial charge in [0.25, 0.3) is 0 Å². The van der Waals surface area contributed by atoms with Gasteiger partial charge in [-0.3, -0.25) is 9.59 Å². The number of nitrogens with one attached hydrogen (secondary N) is 1. The van der Waals surface area contributed by atoms with Crippen molar-refractivity contribution in [3.05, 3.63) is 35.4 Å².